The van der Waals surface area contributed by atoms with E-state index in [1.54, 1.807) is 0 Å². The fourth-order valence-electron chi connectivity index (χ4n) is 1.90. The van der Waals surface area contributed by atoms with Gasteiger partial charge in [-0.3, -0.25) is 10.0 Å². The molecule has 0 bridgehead atoms. The molecule has 2 rings (SSSR count). The summed E-state index contributed by atoms with van der Waals surface area (Å²) in [6.07, 6.45) is -4.31. The van der Waals surface area contributed by atoms with Gasteiger partial charge in [-0.2, -0.15) is 13.2 Å². The van der Waals surface area contributed by atoms with Gasteiger partial charge in [0.1, 0.15) is 0 Å². The van der Waals surface area contributed by atoms with E-state index in [0.717, 1.165) is 17.8 Å². The fourth-order valence-corrected chi connectivity index (χ4v) is 3.06. The van der Waals surface area contributed by atoms with Gasteiger partial charge in [-0.25, -0.2) is 0 Å². The number of halogens is 5. The molecule has 0 atom stereocenters. The number of hydrogen-bond acceptors (Lipinski definition) is 2. The zero-order valence-electron chi connectivity index (χ0n) is 10.0. The molecule has 1 aromatic rings. The smallest absolute Gasteiger partial charge is 0.290 e. The van der Waals surface area contributed by atoms with Crippen LogP contribution in [0.2, 0.25) is 0 Å². The van der Waals surface area contributed by atoms with Gasteiger partial charge in [0.15, 0.2) is 0 Å². The summed E-state index contributed by atoms with van der Waals surface area (Å²) in [5, 5.41) is 4.93. The van der Waals surface area contributed by atoms with Crippen LogP contribution in [0.25, 0.3) is 0 Å². The fraction of sp³-hybridized carbons (Fsp3) is 0.333. The molecule has 0 spiro atoms. The Morgan fingerprint density at radius 2 is 1.84 bits per heavy atom. The summed E-state index contributed by atoms with van der Waals surface area (Å²) in [5.41, 5.74) is 0.920. The van der Waals surface area contributed by atoms with Gasteiger partial charge in [0.25, 0.3) is 0 Å². The van der Waals surface area contributed by atoms with Crippen LogP contribution in [-0.2, 0) is 6.18 Å². The minimum absolute atomic E-state index is 0.463. The average Bonchev–Trinajstić information content (AvgIpc) is 2.63. The number of allylic oxidation sites excluding steroid dienone is 1. The molecule has 0 N–H and O–H groups in total. The lowest BCUT2D eigenvalue weighted by Gasteiger charge is -2.30. The monoisotopic (exact) mass is 354 g/mol. The molecule has 0 saturated carbocycles. The highest BCUT2D eigenvalue weighted by molar-refractivity contribution is 9.09. The Bertz CT molecular complexity index is 499. The van der Waals surface area contributed by atoms with E-state index >= 15 is 0 Å². The van der Waals surface area contributed by atoms with Crippen LogP contribution in [0, 0.1) is 0 Å². The lowest BCUT2D eigenvalue weighted by molar-refractivity contribution is -0.137. The quantitative estimate of drug-likeness (QED) is 0.733. The van der Waals surface area contributed by atoms with Gasteiger partial charge in [0.2, 0.25) is 0 Å². The second-order valence-corrected chi connectivity index (χ2v) is 5.13. The van der Waals surface area contributed by atoms with E-state index < -0.39 is 11.7 Å². The molecule has 0 aliphatic carbocycles. The van der Waals surface area contributed by atoms with Crippen LogP contribution in [0.4, 0.5) is 18.9 Å². The SMILES string of the molecule is CN1C(CBr)=C(Cl)CN1c1ccc(C(F)(F)F)cc1. The maximum Gasteiger partial charge on any atom is 0.416 e. The molecule has 0 aromatic heterocycles. The molecule has 1 heterocycles. The largest absolute Gasteiger partial charge is 0.416 e. The second-order valence-electron chi connectivity index (χ2n) is 4.11. The van der Waals surface area contributed by atoms with Gasteiger partial charge in [0.05, 0.1) is 28.5 Å². The topological polar surface area (TPSA) is 6.48 Å². The van der Waals surface area contributed by atoms with Crippen molar-refractivity contribution in [1.82, 2.24) is 5.01 Å². The third-order valence-electron chi connectivity index (χ3n) is 2.97. The molecule has 1 aromatic carbocycles. The molecule has 1 aliphatic heterocycles. The highest BCUT2D eigenvalue weighted by atomic mass is 79.9. The van der Waals surface area contributed by atoms with E-state index in [-0.39, 0.29) is 0 Å². The minimum atomic E-state index is -4.31. The molecule has 0 amide bonds. The molecule has 7 heteroatoms. The van der Waals surface area contributed by atoms with Crippen molar-refractivity contribution in [2.75, 3.05) is 23.9 Å². The van der Waals surface area contributed by atoms with E-state index in [9.17, 15) is 13.2 Å². The number of benzene rings is 1. The summed E-state index contributed by atoms with van der Waals surface area (Å²) >= 11 is 9.44. The lowest BCUT2D eigenvalue weighted by atomic mass is 10.2. The van der Waals surface area contributed by atoms with Gasteiger partial charge in [-0.05, 0) is 24.3 Å². The zero-order valence-corrected chi connectivity index (χ0v) is 12.3. The number of nitrogens with zero attached hydrogens (tertiary/aromatic N) is 2. The van der Waals surface area contributed by atoms with Gasteiger partial charge in [-0.1, -0.05) is 27.5 Å². The van der Waals surface area contributed by atoms with Gasteiger partial charge < -0.3 is 0 Å². The lowest BCUT2D eigenvalue weighted by Crippen LogP contribution is -2.34. The first-order valence-corrected chi connectivity index (χ1v) is 6.96. The molecule has 2 nitrogen and oxygen atoms in total. The number of rotatable bonds is 2. The molecule has 104 valence electrons. The first-order chi connectivity index (χ1) is 8.84. The van der Waals surface area contributed by atoms with Crippen LogP contribution in [0.1, 0.15) is 5.56 Å². The van der Waals surface area contributed by atoms with Gasteiger partial charge >= 0.3 is 6.18 Å². The van der Waals surface area contributed by atoms with Gasteiger partial charge in [0, 0.05) is 12.4 Å². The molecule has 1 aliphatic rings. The van der Waals surface area contributed by atoms with Crippen molar-refractivity contribution in [3.63, 3.8) is 0 Å². The van der Waals surface area contributed by atoms with Crippen LogP contribution >= 0.6 is 27.5 Å². The molecule has 0 saturated heterocycles. The molecule has 0 radical (unpaired) electrons. The Balaban J connectivity index is 2.22. The Hall–Kier alpha value is -0.880. The van der Waals surface area contributed by atoms with Crippen LogP contribution in [-0.4, -0.2) is 23.9 Å². The molecule has 0 unspecified atom stereocenters. The van der Waals surface area contributed by atoms with Crippen molar-refractivity contribution in [1.29, 1.82) is 0 Å². The van der Waals surface area contributed by atoms with Crippen LogP contribution in [0.15, 0.2) is 35.0 Å². The maximum absolute atomic E-state index is 12.5. The Morgan fingerprint density at radius 3 is 2.26 bits per heavy atom. The molecule has 19 heavy (non-hydrogen) atoms. The number of hydrogen-bond donors (Lipinski definition) is 0. The summed E-state index contributed by atoms with van der Waals surface area (Å²) < 4.78 is 37.5. The predicted octanol–water partition coefficient (Wildman–Crippen LogP) is 4.22. The van der Waals surface area contributed by atoms with Crippen molar-refractivity contribution in [3.8, 4) is 0 Å². The Morgan fingerprint density at radius 1 is 1.26 bits per heavy atom. The van der Waals surface area contributed by atoms with E-state index in [4.69, 9.17) is 11.6 Å². The van der Waals surface area contributed by atoms with E-state index in [0.29, 0.717) is 22.6 Å². The zero-order chi connectivity index (χ0) is 14.2. The minimum Gasteiger partial charge on any atom is -0.290 e. The summed E-state index contributed by atoms with van der Waals surface area (Å²) in [6, 6.07) is 5.04. The summed E-state index contributed by atoms with van der Waals surface area (Å²) in [6.45, 7) is 0.463. The maximum atomic E-state index is 12.5. The third-order valence-corrected chi connectivity index (χ3v) is 3.84. The highest BCUT2D eigenvalue weighted by Gasteiger charge is 2.31. The number of alkyl halides is 4. The van der Waals surface area contributed by atoms with Crippen LogP contribution in [0.5, 0.6) is 0 Å². The predicted molar refractivity (Wildman–Crippen MR) is 73.2 cm³/mol. The standard InChI is InChI=1S/C12H11BrClF3N2/c1-18-11(6-13)10(14)7-19(18)9-4-2-8(3-5-9)12(15,16)17/h2-5H,6-7H2,1H3. The van der Waals surface area contributed by atoms with Crippen molar-refractivity contribution in [2.24, 2.45) is 0 Å². The van der Waals surface area contributed by atoms with Crippen molar-refractivity contribution in [3.05, 3.63) is 40.6 Å². The summed E-state index contributed by atoms with van der Waals surface area (Å²) in [7, 11) is 1.82. The van der Waals surface area contributed by atoms with Crippen molar-refractivity contribution in [2.45, 2.75) is 6.18 Å². The normalized spacial score (nSPS) is 16.5. The van der Waals surface area contributed by atoms with Crippen LogP contribution < -0.4 is 5.01 Å². The van der Waals surface area contributed by atoms with Crippen molar-refractivity contribution >= 4 is 33.2 Å². The van der Waals surface area contributed by atoms with E-state index in [2.05, 4.69) is 15.9 Å². The first-order valence-electron chi connectivity index (χ1n) is 5.46. The average molecular weight is 356 g/mol. The third kappa shape index (κ3) is 2.84. The Labute approximate surface area is 122 Å². The van der Waals surface area contributed by atoms with Crippen molar-refractivity contribution < 1.29 is 13.2 Å². The molecular formula is C12H11BrClF3N2. The second kappa shape index (κ2) is 5.25. The summed E-state index contributed by atoms with van der Waals surface area (Å²) in [4.78, 5) is 0. The Kier molecular flexibility index (Phi) is 4.01. The van der Waals surface area contributed by atoms with E-state index in [1.165, 1.54) is 12.1 Å². The number of hydrazine groups is 1. The van der Waals surface area contributed by atoms with Gasteiger partial charge in [-0.15, -0.1) is 0 Å². The first kappa shape index (κ1) is 14.5. The molecular weight excluding hydrogens is 344 g/mol. The number of anilines is 1. The van der Waals surface area contributed by atoms with E-state index in [1.807, 2.05) is 17.1 Å². The van der Waals surface area contributed by atoms with Crippen LogP contribution in [0.3, 0.4) is 0 Å². The molecule has 0 fully saturated rings. The summed E-state index contributed by atoms with van der Waals surface area (Å²) in [5.74, 6) is 0. The highest BCUT2D eigenvalue weighted by Crippen LogP contribution is 2.33.